The smallest absolute Gasteiger partial charge is 0.348 e. The molecule has 5 heteroatoms. The molecule has 0 aliphatic rings. The number of carboxylic acids is 1. The molecule has 0 spiro atoms. The Hall–Kier alpha value is -2.04. The zero-order chi connectivity index (χ0) is 13.8. The fourth-order valence-corrected chi connectivity index (χ4v) is 1.45. The minimum atomic E-state index is -1.67. The lowest BCUT2D eigenvalue weighted by molar-refractivity contribution is -0.168. The van der Waals surface area contributed by atoms with Gasteiger partial charge in [-0.15, -0.1) is 0 Å². The van der Waals surface area contributed by atoms with Gasteiger partial charge < -0.3 is 14.6 Å². The van der Waals surface area contributed by atoms with E-state index in [1.54, 1.807) is 30.3 Å². The van der Waals surface area contributed by atoms with E-state index in [1.807, 2.05) is 0 Å². The fourth-order valence-electron chi connectivity index (χ4n) is 1.45. The van der Waals surface area contributed by atoms with E-state index in [9.17, 15) is 14.7 Å². The molecule has 0 bridgehead atoms. The second-order valence-electron chi connectivity index (χ2n) is 4.07. The minimum Gasteiger partial charge on any atom is -0.478 e. The van der Waals surface area contributed by atoms with Gasteiger partial charge in [0.15, 0.2) is 0 Å². The Labute approximate surface area is 105 Å². The number of hydrogen-bond donors (Lipinski definition) is 1. The molecule has 1 aromatic rings. The lowest BCUT2D eigenvalue weighted by Gasteiger charge is -2.30. The highest BCUT2D eigenvalue weighted by atomic mass is 16.5. The summed E-state index contributed by atoms with van der Waals surface area (Å²) >= 11 is 0. The van der Waals surface area contributed by atoms with Crippen LogP contribution in [-0.4, -0.2) is 29.8 Å². The van der Waals surface area contributed by atoms with Crippen molar-refractivity contribution in [1.29, 1.82) is 0 Å². The molecule has 0 radical (unpaired) electrons. The van der Waals surface area contributed by atoms with Crippen molar-refractivity contribution in [3.05, 3.63) is 30.3 Å². The third-order valence-electron chi connectivity index (χ3n) is 2.88. The molecule has 2 unspecified atom stereocenters. The number of carboxylic acid groups (broad SMARTS) is 1. The summed E-state index contributed by atoms with van der Waals surface area (Å²) in [5.74, 6) is -2.39. The van der Waals surface area contributed by atoms with Crippen molar-refractivity contribution in [3.63, 3.8) is 0 Å². The third-order valence-corrected chi connectivity index (χ3v) is 2.88. The maximum atomic E-state index is 11.5. The standard InChI is InChI=1S/C13H16O5/c1-9(11(14)17-3)13(2,12(15)16)18-10-7-5-4-6-8-10/h4-9H,1-3H3,(H,15,16). The van der Waals surface area contributed by atoms with Crippen molar-refractivity contribution in [1.82, 2.24) is 0 Å². The highest BCUT2D eigenvalue weighted by Crippen LogP contribution is 2.26. The molecule has 0 aromatic heterocycles. The van der Waals surface area contributed by atoms with Crippen LogP contribution in [0.3, 0.4) is 0 Å². The molecule has 18 heavy (non-hydrogen) atoms. The van der Waals surface area contributed by atoms with Crippen LogP contribution in [0, 0.1) is 5.92 Å². The number of rotatable bonds is 5. The van der Waals surface area contributed by atoms with Crippen LogP contribution in [0.2, 0.25) is 0 Å². The van der Waals surface area contributed by atoms with Crippen LogP contribution in [0.5, 0.6) is 5.75 Å². The Kier molecular flexibility index (Phi) is 4.31. The predicted molar refractivity (Wildman–Crippen MR) is 64.3 cm³/mol. The number of para-hydroxylation sites is 1. The van der Waals surface area contributed by atoms with E-state index in [4.69, 9.17) is 4.74 Å². The Bertz CT molecular complexity index is 428. The monoisotopic (exact) mass is 252 g/mol. The lowest BCUT2D eigenvalue weighted by Crippen LogP contribution is -2.50. The number of methoxy groups -OCH3 is 1. The van der Waals surface area contributed by atoms with Crippen LogP contribution in [0.1, 0.15) is 13.8 Å². The number of hydrogen-bond acceptors (Lipinski definition) is 4. The van der Waals surface area contributed by atoms with Crippen molar-refractivity contribution in [2.24, 2.45) is 5.92 Å². The Morgan fingerprint density at radius 1 is 1.28 bits per heavy atom. The molecule has 0 amide bonds. The van der Waals surface area contributed by atoms with Gasteiger partial charge in [-0.25, -0.2) is 4.79 Å². The molecule has 0 heterocycles. The van der Waals surface area contributed by atoms with E-state index >= 15 is 0 Å². The first kappa shape index (κ1) is 14.0. The highest BCUT2D eigenvalue weighted by molar-refractivity contribution is 5.86. The van der Waals surface area contributed by atoms with E-state index < -0.39 is 23.5 Å². The Morgan fingerprint density at radius 2 is 1.83 bits per heavy atom. The molecule has 0 aliphatic heterocycles. The van der Waals surface area contributed by atoms with Gasteiger partial charge in [0.25, 0.3) is 0 Å². The van der Waals surface area contributed by atoms with E-state index in [1.165, 1.54) is 21.0 Å². The third kappa shape index (κ3) is 2.80. The average molecular weight is 252 g/mol. The molecule has 98 valence electrons. The second-order valence-corrected chi connectivity index (χ2v) is 4.07. The number of carbonyl (C=O) groups is 2. The summed E-state index contributed by atoms with van der Waals surface area (Å²) in [6, 6.07) is 8.49. The molecule has 2 atom stereocenters. The Balaban J connectivity index is 3.01. The average Bonchev–Trinajstić information content (AvgIpc) is 2.37. The first-order valence-electron chi connectivity index (χ1n) is 5.47. The van der Waals surface area contributed by atoms with Crippen molar-refractivity contribution in [2.75, 3.05) is 7.11 Å². The van der Waals surface area contributed by atoms with Crippen LogP contribution < -0.4 is 4.74 Å². The van der Waals surface area contributed by atoms with Gasteiger partial charge in [-0.3, -0.25) is 4.79 Å². The number of aliphatic carboxylic acids is 1. The molecular formula is C13H16O5. The number of ether oxygens (including phenoxy) is 2. The van der Waals surface area contributed by atoms with Gasteiger partial charge in [-0.2, -0.15) is 0 Å². The summed E-state index contributed by atoms with van der Waals surface area (Å²) in [4.78, 5) is 22.8. The van der Waals surface area contributed by atoms with Crippen molar-refractivity contribution in [2.45, 2.75) is 19.4 Å². The summed E-state index contributed by atoms with van der Waals surface area (Å²) in [5, 5.41) is 9.28. The lowest BCUT2D eigenvalue weighted by atomic mass is 9.90. The quantitative estimate of drug-likeness (QED) is 0.808. The van der Waals surface area contributed by atoms with E-state index in [2.05, 4.69) is 4.74 Å². The second kappa shape index (κ2) is 5.53. The molecule has 0 saturated heterocycles. The summed E-state index contributed by atoms with van der Waals surface area (Å²) < 4.78 is 10.0. The summed E-state index contributed by atoms with van der Waals surface area (Å²) in [5.41, 5.74) is -1.67. The molecule has 0 aliphatic carbocycles. The number of esters is 1. The van der Waals surface area contributed by atoms with E-state index in [0.717, 1.165) is 0 Å². The predicted octanol–water partition coefficient (Wildman–Crippen LogP) is 1.72. The highest BCUT2D eigenvalue weighted by Gasteiger charge is 2.46. The maximum Gasteiger partial charge on any atom is 0.348 e. The van der Waals surface area contributed by atoms with Gasteiger partial charge in [-0.1, -0.05) is 18.2 Å². The molecule has 1 rings (SSSR count). The van der Waals surface area contributed by atoms with Crippen LogP contribution in [0.15, 0.2) is 30.3 Å². The molecule has 1 aromatic carbocycles. The molecule has 5 nitrogen and oxygen atoms in total. The van der Waals surface area contributed by atoms with Crippen LogP contribution in [0.4, 0.5) is 0 Å². The summed E-state index contributed by atoms with van der Waals surface area (Å²) in [6.45, 7) is 2.81. The van der Waals surface area contributed by atoms with Crippen LogP contribution in [0.25, 0.3) is 0 Å². The SMILES string of the molecule is COC(=O)C(C)C(C)(Oc1ccccc1)C(=O)O. The van der Waals surface area contributed by atoms with Gasteiger partial charge >= 0.3 is 11.9 Å². The Morgan fingerprint density at radius 3 is 2.28 bits per heavy atom. The van der Waals surface area contributed by atoms with Crippen LogP contribution in [-0.2, 0) is 14.3 Å². The normalized spacial score (nSPS) is 15.3. The molecule has 1 N–H and O–H groups in total. The first-order chi connectivity index (χ1) is 8.41. The first-order valence-corrected chi connectivity index (χ1v) is 5.47. The molecule has 0 fully saturated rings. The summed E-state index contributed by atoms with van der Waals surface area (Å²) in [6.07, 6.45) is 0. The van der Waals surface area contributed by atoms with Crippen molar-refractivity contribution in [3.8, 4) is 5.75 Å². The number of benzene rings is 1. The van der Waals surface area contributed by atoms with Gasteiger partial charge in [0.2, 0.25) is 5.60 Å². The van der Waals surface area contributed by atoms with Gasteiger partial charge in [0.1, 0.15) is 11.7 Å². The van der Waals surface area contributed by atoms with Gasteiger partial charge in [0.05, 0.1) is 7.11 Å². The van der Waals surface area contributed by atoms with Gasteiger partial charge in [0, 0.05) is 0 Å². The minimum absolute atomic E-state index is 0.387. The molecular weight excluding hydrogens is 236 g/mol. The van der Waals surface area contributed by atoms with Gasteiger partial charge in [-0.05, 0) is 26.0 Å². The van der Waals surface area contributed by atoms with E-state index in [-0.39, 0.29) is 0 Å². The number of carbonyl (C=O) groups excluding carboxylic acids is 1. The summed E-state index contributed by atoms with van der Waals surface area (Å²) in [7, 11) is 1.21. The van der Waals surface area contributed by atoms with Crippen LogP contribution >= 0.6 is 0 Å². The van der Waals surface area contributed by atoms with Crippen molar-refractivity contribution < 1.29 is 24.2 Å². The fraction of sp³-hybridized carbons (Fsp3) is 0.385. The largest absolute Gasteiger partial charge is 0.478 e. The molecule has 0 saturated carbocycles. The maximum absolute atomic E-state index is 11.5. The topological polar surface area (TPSA) is 72.8 Å². The zero-order valence-electron chi connectivity index (χ0n) is 10.5. The zero-order valence-corrected chi connectivity index (χ0v) is 10.5. The van der Waals surface area contributed by atoms with E-state index in [0.29, 0.717) is 5.75 Å². The van der Waals surface area contributed by atoms with Crippen molar-refractivity contribution >= 4 is 11.9 Å².